The molecule has 0 amide bonds. The van der Waals surface area contributed by atoms with Crippen molar-refractivity contribution in [3.05, 3.63) is 35.4 Å². The van der Waals surface area contributed by atoms with E-state index in [4.69, 9.17) is 0 Å². The van der Waals surface area contributed by atoms with Crippen LogP contribution in [0, 0.1) is 17.6 Å². The molecule has 1 aromatic carbocycles. The highest BCUT2D eigenvalue weighted by atomic mass is 19.3. The number of carbonyl (C=O) groups excluding carboxylic acids is 1. The molecule has 0 bridgehead atoms. The lowest BCUT2D eigenvalue weighted by Crippen LogP contribution is -2.29. The van der Waals surface area contributed by atoms with E-state index in [-0.39, 0.29) is 43.5 Å². The fourth-order valence-electron chi connectivity index (χ4n) is 2.38. The second-order valence-corrected chi connectivity index (χ2v) is 4.97. The van der Waals surface area contributed by atoms with E-state index in [1.165, 1.54) is 6.07 Å². The molecule has 0 N–H and O–H groups in total. The molecule has 1 aromatic rings. The molecule has 0 atom stereocenters. The van der Waals surface area contributed by atoms with Gasteiger partial charge in [0, 0.05) is 30.7 Å². The highest BCUT2D eigenvalue weighted by molar-refractivity contribution is 5.83. The standard InChI is InChI=1S/C14H14F4O/c15-11-2-1-3-12(16)10(11)8-13(19)9-4-6-14(17,18)7-5-9/h1-3,9H,4-8H2. The van der Waals surface area contributed by atoms with Crippen LogP contribution in [0.15, 0.2) is 18.2 Å². The van der Waals surface area contributed by atoms with Crippen molar-refractivity contribution in [2.75, 3.05) is 0 Å². The average Bonchev–Trinajstić information content (AvgIpc) is 2.33. The molecule has 0 unspecified atom stereocenters. The van der Waals surface area contributed by atoms with Gasteiger partial charge < -0.3 is 0 Å². The zero-order valence-corrected chi connectivity index (χ0v) is 10.3. The largest absolute Gasteiger partial charge is 0.299 e. The fraction of sp³-hybridized carbons (Fsp3) is 0.500. The van der Waals surface area contributed by atoms with Gasteiger partial charge in [-0.3, -0.25) is 4.79 Å². The molecule has 1 aliphatic rings. The van der Waals surface area contributed by atoms with Crippen molar-refractivity contribution in [3.63, 3.8) is 0 Å². The van der Waals surface area contributed by atoms with Gasteiger partial charge in [0.25, 0.3) is 0 Å². The third kappa shape index (κ3) is 3.33. The molecule has 0 saturated heterocycles. The smallest absolute Gasteiger partial charge is 0.248 e. The van der Waals surface area contributed by atoms with Crippen molar-refractivity contribution in [1.29, 1.82) is 0 Å². The Morgan fingerprint density at radius 2 is 1.68 bits per heavy atom. The Morgan fingerprint density at radius 1 is 1.16 bits per heavy atom. The predicted octanol–water partition coefficient (Wildman–Crippen LogP) is 3.90. The summed E-state index contributed by atoms with van der Waals surface area (Å²) in [5.41, 5.74) is -0.273. The summed E-state index contributed by atoms with van der Waals surface area (Å²) in [5, 5.41) is 0. The Labute approximate surface area is 108 Å². The van der Waals surface area contributed by atoms with Crippen LogP contribution in [0.2, 0.25) is 0 Å². The number of carbonyl (C=O) groups is 1. The second kappa shape index (κ2) is 5.31. The molecule has 0 aromatic heterocycles. The summed E-state index contributed by atoms with van der Waals surface area (Å²) in [6, 6.07) is 3.39. The number of halogens is 4. The Hall–Kier alpha value is -1.39. The van der Waals surface area contributed by atoms with Crippen LogP contribution in [0.25, 0.3) is 0 Å². The molecule has 1 aliphatic carbocycles. The second-order valence-electron chi connectivity index (χ2n) is 4.97. The van der Waals surface area contributed by atoms with Crippen LogP contribution in [0.3, 0.4) is 0 Å². The predicted molar refractivity (Wildman–Crippen MR) is 62.0 cm³/mol. The number of rotatable bonds is 3. The lowest BCUT2D eigenvalue weighted by molar-refractivity contribution is -0.126. The van der Waals surface area contributed by atoms with Gasteiger partial charge in [0.2, 0.25) is 5.92 Å². The summed E-state index contributed by atoms with van der Waals surface area (Å²) in [6.45, 7) is 0. The van der Waals surface area contributed by atoms with Crippen LogP contribution in [0.5, 0.6) is 0 Å². The van der Waals surface area contributed by atoms with Gasteiger partial charge in [-0.25, -0.2) is 17.6 Å². The van der Waals surface area contributed by atoms with Crippen molar-refractivity contribution >= 4 is 5.78 Å². The van der Waals surface area contributed by atoms with E-state index in [9.17, 15) is 22.4 Å². The number of alkyl halides is 2. The first kappa shape index (κ1) is 14.0. The van der Waals surface area contributed by atoms with Crippen molar-refractivity contribution in [2.45, 2.75) is 38.0 Å². The maximum atomic E-state index is 13.4. The van der Waals surface area contributed by atoms with Gasteiger partial charge in [0.1, 0.15) is 17.4 Å². The quantitative estimate of drug-likeness (QED) is 0.764. The lowest BCUT2D eigenvalue weighted by atomic mass is 9.82. The molecular formula is C14H14F4O. The van der Waals surface area contributed by atoms with Gasteiger partial charge >= 0.3 is 0 Å². The van der Waals surface area contributed by atoms with Gasteiger partial charge in [0.15, 0.2) is 0 Å². The van der Waals surface area contributed by atoms with Crippen LogP contribution in [-0.2, 0) is 11.2 Å². The number of Topliss-reactive ketones (excluding diaryl/α,β-unsaturated/α-hetero) is 1. The van der Waals surface area contributed by atoms with Gasteiger partial charge in [0.05, 0.1) is 0 Å². The molecule has 1 fully saturated rings. The third-order valence-corrected chi connectivity index (χ3v) is 3.59. The van der Waals surface area contributed by atoms with Crippen molar-refractivity contribution in [3.8, 4) is 0 Å². The number of ketones is 1. The van der Waals surface area contributed by atoms with Gasteiger partial charge in [-0.15, -0.1) is 0 Å². The van der Waals surface area contributed by atoms with Crippen LogP contribution in [-0.4, -0.2) is 11.7 Å². The van der Waals surface area contributed by atoms with Crippen LogP contribution >= 0.6 is 0 Å². The lowest BCUT2D eigenvalue weighted by Gasteiger charge is -2.27. The van der Waals surface area contributed by atoms with E-state index in [0.717, 1.165) is 12.1 Å². The number of hydrogen-bond acceptors (Lipinski definition) is 1. The molecule has 0 spiro atoms. The van der Waals surface area contributed by atoms with Crippen LogP contribution < -0.4 is 0 Å². The highest BCUT2D eigenvalue weighted by Crippen LogP contribution is 2.36. The van der Waals surface area contributed by atoms with Crippen molar-refractivity contribution in [1.82, 2.24) is 0 Å². The fourth-order valence-corrected chi connectivity index (χ4v) is 2.38. The van der Waals surface area contributed by atoms with E-state index in [1.54, 1.807) is 0 Å². The molecule has 104 valence electrons. The average molecular weight is 274 g/mol. The van der Waals surface area contributed by atoms with Gasteiger partial charge in [-0.1, -0.05) is 6.07 Å². The normalized spacial score (nSPS) is 19.4. The zero-order chi connectivity index (χ0) is 14.0. The SMILES string of the molecule is O=C(Cc1c(F)cccc1F)C1CCC(F)(F)CC1. The molecule has 0 radical (unpaired) electrons. The molecule has 5 heteroatoms. The Balaban J connectivity index is 2.02. The summed E-state index contributed by atoms with van der Waals surface area (Å²) >= 11 is 0. The Bertz CT molecular complexity index is 454. The molecule has 19 heavy (non-hydrogen) atoms. The first-order chi connectivity index (χ1) is 8.89. The van der Waals surface area contributed by atoms with E-state index in [1.807, 2.05) is 0 Å². The zero-order valence-electron chi connectivity index (χ0n) is 10.3. The molecule has 0 heterocycles. The maximum Gasteiger partial charge on any atom is 0.248 e. The van der Waals surface area contributed by atoms with Gasteiger partial charge in [-0.05, 0) is 25.0 Å². The third-order valence-electron chi connectivity index (χ3n) is 3.59. The summed E-state index contributed by atoms with van der Waals surface area (Å²) in [5.74, 6) is -5.12. The van der Waals surface area contributed by atoms with Gasteiger partial charge in [-0.2, -0.15) is 0 Å². The van der Waals surface area contributed by atoms with Crippen molar-refractivity contribution < 1.29 is 22.4 Å². The van der Waals surface area contributed by atoms with E-state index < -0.39 is 23.5 Å². The van der Waals surface area contributed by atoms with E-state index in [0.29, 0.717) is 0 Å². The molecular weight excluding hydrogens is 260 g/mol. The monoisotopic (exact) mass is 274 g/mol. The molecule has 2 rings (SSSR count). The summed E-state index contributed by atoms with van der Waals surface area (Å²) in [7, 11) is 0. The molecule has 1 saturated carbocycles. The topological polar surface area (TPSA) is 17.1 Å². The summed E-state index contributed by atoms with van der Waals surface area (Å²) < 4.78 is 52.7. The first-order valence-corrected chi connectivity index (χ1v) is 6.22. The van der Waals surface area contributed by atoms with Crippen LogP contribution in [0.4, 0.5) is 17.6 Å². The number of hydrogen-bond donors (Lipinski definition) is 0. The van der Waals surface area contributed by atoms with Crippen LogP contribution in [0.1, 0.15) is 31.2 Å². The minimum absolute atomic E-state index is 0.0852. The van der Waals surface area contributed by atoms with E-state index in [2.05, 4.69) is 0 Å². The first-order valence-electron chi connectivity index (χ1n) is 6.22. The minimum Gasteiger partial charge on any atom is -0.299 e. The highest BCUT2D eigenvalue weighted by Gasteiger charge is 2.37. The number of benzene rings is 1. The minimum atomic E-state index is -2.71. The Kier molecular flexibility index (Phi) is 3.92. The van der Waals surface area contributed by atoms with Crippen molar-refractivity contribution in [2.24, 2.45) is 5.92 Å². The summed E-state index contributed by atoms with van der Waals surface area (Å²) in [4.78, 5) is 11.9. The molecule has 1 nitrogen and oxygen atoms in total. The Morgan fingerprint density at radius 3 is 2.21 bits per heavy atom. The van der Waals surface area contributed by atoms with E-state index >= 15 is 0 Å². The summed E-state index contributed by atoms with van der Waals surface area (Å²) in [6.07, 6.45) is -0.856. The molecule has 0 aliphatic heterocycles. The maximum absolute atomic E-state index is 13.4.